The van der Waals surface area contributed by atoms with Crippen molar-refractivity contribution in [2.24, 2.45) is 0 Å². The summed E-state index contributed by atoms with van der Waals surface area (Å²) in [4.78, 5) is 21.5. The molecule has 0 aromatic carbocycles. The van der Waals surface area contributed by atoms with Crippen LogP contribution in [0.2, 0.25) is 0 Å². The molecule has 0 radical (unpaired) electrons. The van der Waals surface area contributed by atoms with Gasteiger partial charge in [0.2, 0.25) is 0 Å². The number of hydrogen-bond donors (Lipinski definition) is 1. The molecular formula is C18H24N4OS. The lowest BCUT2D eigenvalue weighted by atomic mass is 10.1. The van der Waals surface area contributed by atoms with Crippen molar-refractivity contribution in [1.29, 1.82) is 0 Å². The number of nitrogens with zero attached hydrogens (tertiary/aromatic N) is 3. The van der Waals surface area contributed by atoms with Crippen LogP contribution in [0.1, 0.15) is 22.8 Å². The molecular weight excluding hydrogens is 320 g/mol. The summed E-state index contributed by atoms with van der Waals surface area (Å²) >= 11 is 1.68. The second kappa shape index (κ2) is 7.77. The van der Waals surface area contributed by atoms with Crippen molar-refractivity contribution in [1.82, 2.24) is 15.2 Å². The minimum absolute atomic E-state index is 0.0319. The number of hydrogen-bond acceptors (Lipinski definition) is 5. The van der Waals surface area contributed by atoms with E-state index in [1.807, 2.05) is 13.0 Å². The van der Waals surface area contributed by atoms with Gasteiger partial charge in [-0.05, 0) is 54.9 Å². The van der Waals surface area contributed by atoms with Crippen LogP contribution >= 0.6 is 11.3 Å². The van der Waals surface area contributed by atoms with E-state index in [-0.39, 0.29) is 11.9 Å². The molecule has 0 spiro atoms. The molecule has 6 heteroatoms. The van der Waals surface area contributed by atoms with Crippen molar-refractivity contribution in [2.45, 2.75) is 19.4 Å². The van der Waals surface area contributed by atoms with Gasteiger partial charge in [-0.3, -0.25) is 4.79 Å². The molecule has 1 N–H and O–H groups in total. The summed E-state index contributed by atoms with van der Waals surface area (Å²) in [5.74, 6) is 0.858. The maximum atomic E-state index is 12.5. The Morgan fingerprint density at radius 3 is 2.83 bits per heavy atom. The summed E-state index contributed by atoms with van der Waals surface area (Å²) in [5, 5.41) is 7.27. The summed E-state index contributed by atoms with van der Waals surface area (Å²) in [6.07, 6.45) is 2.58. The summed E-state index contributed by atoms with van der Waals surface area (Å²) in [5.41, 5.74) is 1.94. The van der Waals surface area contributed by atoms with E-state index in [1.165, 1.54) is 5.56 Å². The van der Waals surface area contributed by atoms with Crippen molar-refractivity contribution < 1.29 is 4.79 Å². The van der Waals surface area contributed by atoms with Crippen molar-refractivity contribution in [3.05, 3.63) is 46.3 Å². The lowest BCUT2D eigenvalue weighted by Gasteiger charge is -2.33. The molecule has 0 bridgehead atoms. The molecule has 2 aromatic heterocycles. The van der Waals surface area contributed by atoms with Crippen LogP contribution < -0.4 is 10.2 Å². The quantitative estimate of drug-likeness (QED) is 0.904. The Morgan fingerprint density at radius 2 is 2.12 bits per heavy atom. The number of amides is 1. The van der Waals surface area contributed by atoms with Crippen LogP contribution in [0, 0.1) is 0 Å². The van der Waals surface area contributed by atoms with Gasteiger partial charge in [0.15, 0.2) is 0 Å². The topological polar surface area (TPSA) is 48.5 Å². The predicted octanol–water partition coefficient (Wildman–Crippen LogP) is 2.26. The second-order valence-electron chi connectivity index (χ2n) is 6.40. The number of aromatic nitrogens is 1. The van der Waals surface area contributed by atoms with Gasteiger partial charge in [-0.15, -0.1) is 0 Å². The van der Waals surface area contributed by atoms with Crippen molar-refractivity contribution in [3.8, 4) is 0 Å². The molecule has 1 atom stereocenters. The predicted molar refractivity (Wildman–Crippen MR) is 98.9 cm³/mol. The number of thiophene rings is 1. The third-order valence-corrected chi connectivity index (χ3v) is 5.07. The van der Waals surface area contributed by atoms with Gasteiger partial charge in [-0.2, -0.15) is 11.3 Å². The van der Waals surface area contributed by atoms with Gasteiger partial charge in [0.05, 0.1) is 0 Å². The van der Waals surface area contributed by atoms with Crippen LogP contribution in [-0.2, 0) is 6.42 Å². The molecule has 3 heterocycles. The number of pyridine rings is 1. The Hall–Kier alpha value is -1.92. The Bertz CT molecular complexity index is 665. The first-order chi connectivity index (χ1) is 11.6. The molecule has 0 saturated carbocycles. The average Bonchev–Trinajstić information content (AvgIpc) is 3.08. The van der Waals surface area contributed by atoms with Gasteiger partial charge in [-0.25, -0.2) is 4.98 Å². The van der Waals surface area contributed by atoms with Gasteiger partial charge in [0.1, 0.15) is 5.82 Å². The average molecular weight is 344 g/mol. The molecule has 1 fully saturated rings. The van der Waals surface area contributed by atoms with Gasteiger partial charge in [-0.1, -0.05) is 0 Å². The van der Waals surface area contributed by atoms with E-state index in [1.54, 1.807) is 23.6 Å². The summed E-state index contributed by atoms with van der Waals surface area (Å²) in [6.45, 7) is 5.98. The van der Waals surface area contributed by atoms with Crippen LogP contribution in [0.4, 0.5) is 5.82 Å². The molecule has 1 saturated heterocycles. The number of anilines is 1. The molecule has 24 heavy (non-hydrogen) atoms. The number of rotatable bonds is 5. The van der Waals surface area contributed by atoms with Crippen LogP contribution in [0.15, 0.2) is 35.2 Å². The number of piperazine rings is 1. The first-order valence-electron chi connectivity index (χ1n) is 8.33. The van der Waals surface area contributed by atoms with E-state index in [0.29, 0.717) is 5.56 Å². The fourth-order valence-electron chi connectivity index (χ4n) is 2.89. The zero-order valence-corrected chi connectivity index (χ0v) is 15.1. The van der Waals surface area contributed by atoms with Crippen LogP contribution in [0.5, 0.6) is 0 Å². The summed E-state index contributed by atoms with van der Waals surface area (Å²) in [7, 11) is 2.13. The van der Waals surface area contributed by atoms with Gasteiger partial charge in [0, 0.05) is 44.0 Å². The number of likely N-dealkylation sites (N-methyl/N-ethyl adjacent to an activating group) is 1. The molecule has 2 aromatic rings. The smallest absolute Gasteiger partial charge is 0.251 e. The van der Waals surface area contributed by atoms with Gasteiger partial charge < -0.3 is 15.1 Å². The SMILES string of the molecule is C[C@@H](Cc1ccsc1)NC(=O)c1ccnc(N2CCN(C)CC2)c1. The lowest BCUT2D eigenvalue weighted by Crippen LogP contribution is -2.45. The lowest BCUT2D eigenvalue weighted by molar-refractivity contribution is 0.0940. The van der Waals surface area contributed by atoms with Crippen LogP contribution in [0.25, 0.3) is 0 Å². The van der Waals surface area contributed by atoms with Crippen molar-refractivity contribution in [2.75, 3.05) is 38.1 Å². The third kappa shape index (κ3) is 4.33. The first kappa shape index (κ1) is 16.9. The monoisotopic (exact) mass is 344 g/mol. The molecule has 0 unspecified atom stereocenters. The second-order valence-corrected chi connectivity index (χ2v) is 7.18. The number of carbonyl (C=O) groups excluding carboxylic acids is 1. The highest BCUT2D eigenvalue weighted by atomic mass is 32.1. The number of carbonyl (C=O) groups is 1. The van der Waals surface area contributed by atoms with Gasteiger partial charge in [0.25, 0.3) is 5.91 Å². The van der Waals surface area contributed by atoms with E-state index >= 15 is 0 Å². The largest absolute Gasteiger partial charge is 0.354 e. The van der Waals surface area contributed by atoms with E-state index in [4.69, 9.17) is 0 Å². The Kier molecular flexibility index (Phi) is 5.48. The minimum Gasteiger partial charge on any atom is -0.354 e. The third-order valence-electron chi connectivity index (χ3n) is 4.33. The molecule has 5 nitrogen and oxygen atoms in total. The normalized spacial score (nSPS) is 16.8. The maximum Gasteiger partial charge on any atom is 0.251 e. The highest BCUT2D eigenvalue weighted by molar-refractivity contribution is 7.07. The zero-order valence-electron chi connectivity index (χ0n) is 14.2. The molecule has 1 aliphatic heterocycles. The van der Waals surface area contributed by atoms with E-state index in [9.17, 15) is 4.79 Å². The summed E-state index contributed by atoms with van der Waals surface area (Å²) < 4.78 is 0. The van der Waals surface area contributed by atoms with E-state index < -0.39 is 0 Å². The molecule has 0 aliphatic carbocycles. The Balaban J connectivity index is 1.61. The van der Waals surface area contributed by atoms with Crippen molar-refractivity contribution >= 4 is 23.1 Å². The van der Waals surface area contributed by atoms with Crippen LogP contribution in [-0.4, -0.2) is 55.1 Å². The van der Waals surface area contributed by atoms with Crippen molar-refractivity contribution in [3.63, 3.8) is 0 Å². The first-order valence-corrected chi connectivity index (χ1v) is 9.27. The summed E-state index contributed by atoms with van der Waals surface area (Å²) in [6, 6.07) is 5.89. The van der Waals surface area contributed by atoms with E-state index in [2.05, 4.69) is 44.0 Å². The Morgan fingerprint density at radius 1 is 1.33 bits per heavy atom. The minimum atomic E-state index is -0.0319. The fraction of sp³-hybridized carbons (Fsp3) is 0.444. The zero-order chi connectivity index (χ0) is 16.9. The maximum absolute atomic E-state index is 12.5. The molecule has 128 valence electrons. The molecule has 3 rings (SSSR count). The fourth-order valence-corrected chi connectivity index (χ4v) is 3.57. The van der Waals surface area contributed by atoms with Gasteiger partial charge >= 0.3 is 0 Å². The Labute approximate surface area is 147 Å². The standard InChI is InChI=1S/C18H24N4OS/c1-14(11-15-4-10-24-13-15)20-18(23)16-3-5-19-17(12-16)22-8-6-21(2)7-9-22/h3-5,10,12-14H,6-9,11H2,1-2H3,(H,20,23)/t14-/m0/s1. The molecule has 1 aliphatic rings. The van der Waals surface area contributed by atoms with Crippen LogP contribution in [0.3, 0.4) is 0 Å². The molecule has 1 amide bonds. The number of nitrogens with one attached hydrogen (secondary N) is 1. The highest BCUT2D eigenvalue weighted by Crippen LogP contribution is 2.15. The van der Waals surface area contributed by atoms with E-state index in [0.717, 1.165) is 38.4 Å². The highest BCUT2D eigenvalue weighted by Gasteiger charge is 2.17.